The van der Waals surface area contributed by atoms with Gasteiger partial charge in [0, 0.05) is 25.1 Å². The molecule has 1 saturated heterocycles. The minimum Gasteiger partial charge on any atom is -0.493 e. The number of carbonyl (C=O) groups excluding carboxylic acids is 1. The predicted molar refractivity (Wildman–Crippen MR) is 57.5 cm³/mol. The van der Waals surface area contributed by atoms with Crippen molar-refractivity contribution in [3.05, 3.63) is 23.8 Å². The number of hydrogen-bond acceptors (Lipinski definition) is 3. The molecule has 2 aliphatic heterocycles. The van der Waals surface area contributed by atoms with Crippen LogP contribution in [-0.2, 0) is 11.2 Å². The summed E-state index contributed by atoms with van der Waals surface area (Å²) >= 11 is 0. The van der Waals surface area contributed by atoms with E-state index in [-0.39, 0.29) is 0 Å². The van der Waals surface area contributed by atoms with Gasteiger partial charge in [0.1, 0.15) is 5.75 Å². The van der Waals surface area contributed by atoms with E-state index in [1.165, 1.54) is 5.56 Å². The van der Waals surface area contributed by atoms with Crippen molar-refractivity contribution in [3.63, 3.8) is 0 Å². The molecule has 1 aromatic carbocycles. The van der Waals surface area contributed by atoms with E-state index in [4.69, 9.17) is 4.74 Å². The number of ether oxygens (including phenoxy) is 1. The van der Waals surface area contributed by atoms with E-state index in [2.05, 4.69) is 11.0 Å². The highest BCUT2D eigenvalue weighted by atomic mass is 16.5. The summed E-state index contributed by atoms with van der Waals surface area (Å²) in [5.74, 6) is 1.34. The lowest BCUT2D eigenvalue weighted by Crippen LogP contribution is -2.19. The Hall–Kier alpha value is -1.51. The van der Waals surface area contributed by atoms with Crippen LogP contribution in [-0.4, -0.2) is 25.5 Å². The van der Waals surface area contributed by atoms with Gasteiger partial charge in [-0.25, -0.2) is 0 Å². The molecule has 0 aromatic heterocycles. The molecular formula is C12H13NO2. The number of benzene rings is 1. The van der Waals surface area contributed by atoms with Crippen LogP contribution in [0.2, 0.25) is 0 Å². The second-order valence-electron chi connectivity index (χ2n) is 4.10. The van der Waals surface area contributed by atoms with Crippen molar-refractivity contribution in [1.29, 1.82) is 0 Å². The highest BCUT2D eigenvalue weighted by Crippen LogP contribution is 2.30. The molecule has 3 heteroatoms. The normalized spacial score (nSPS) is 19.2. The van der Waals surface area contributed by atoms with Crippen LogP contribution in [0.3, 0.4) is 0 Å². The first-order valence-electron chi connectivity index (χ1n) is 5.35. The summed E-state index contributed by atoms with van der Waals surface area (Å²) in [6, 6.07) is 6.21. The standard InChI is InChI=1S/C12H13NO2/c14-11-3-5-13(8-11)10-1-2-12-9(7-10)4-6-15-12/h1-2,7H,3-6,8H2. The summed E-state index contributed by atoms with van der Waals surface area (Å²) in [6.07, 6.45) is 1.68. The van der Waals surface area contributed by atoms with Crippen molar-refractivity contribution in [2.45, 2.75) is 12.8 Å². The molecule has 0 unspecified atom stereocenters. The Morgan fingerprint density at radius 2 is 2.20 bits per heavy atom. The molecule has 1 fully saturated rings. The van der Waals surface area contributed by atoms with Crippen molar-refractivity contribution in [2.24, 2.45) is 0 Å². The highest BCUT2D eigenvalue weighted by Gasteiger charge is 2.21. The third kappa shape index (κ3) is 1.48. The second-order valence-corrected chi connectivity index (χ2v) is 4.10. The summed E-state index contributed by atoms with van der Waals surface area (Å²) in [5, 5.41) is 0. The number of nitrogens with zero attached hydrogens (tertiary/aromatic N) is 1. The van der Waals surface area contributed by atoms with Crippen molar-refractivity contribution >= 4 is 11.5 Å². The van der Waals surface area contributed by atoms with Crippen LogP contribution in [0.4, 0.5) is 5.69 Å². The Morgan fingerprint density at radius 3 is 3.00 bits per heavy atom. The van der Waals surface area contributed by atoms with E-state index in [0.717, 1.165) is 31.0 Å². The lowest BCUT2D eigenvalue weighted by molar-refractivity contribution is -0.116. The maximum Gasteiger partial charge on any atom is 0.153 e. The van der Waals surface area contributed by atoms with Gasteiger partial charge in [-0.2, -0.15) is 0 Å². The van der Waals surface area contributed by atoms with Crippen LogP contribution in [0.25, 0.3) is 0 Å². The fourth-order valence-electron chi connectivity index (χ4n) is 2.22. The zero-order valence-corrected chi connectivity index (χ0v) is 8.53. The molecule has 78 valence electrons. The van der Waals surface area contributed by atoms with Gasteiger partial charge < -0.3 is 9.64 Å². The van der Waals surface area contributed by atoms with Gasteiger partial charge in [-0.1, -0.05) is 0 Å². The minimum atomic E-state index is 0.340. The average molecular weight is 203 g/mol. The summed E-state index contributed by atoms with van der Waals surface area (Å²) < 4.78 is 5.45. The second kappa shape index (κ2) is 3.26. The summed E-state index contributed by atoms with van der Waals surface area (Å²) in [5.41, 5.74) is 2.43. The number of rotatable bonds is 1. The van der Waals surface area contributed by atoms with E-state index in [9.17, 15) is 4.79 Å². The number of Topliss-reactive ketones (excluding diaryl/α,β-unsaturated/α-hetero) is 1. The molecule has 15 heavy (non-hydrogen) atoms. The molecule has 0 N–H and O–H groups in total. The van der Waals surface area contributed by atoms with E-state index >= 15 is 0 Å². The maximum absolute atomic E-state index is 11.2. The Labute approximate surface area is 88.6 Å². The van der Waals surface area contributed by atoms with Crippen molar-refractivity contribution < 1.29 is 9.53 Å². The first kappa shape index (κ1) is 8.77. The summed E-state index contributed by atoms with van der Waals surface area (Å²) in [4.78, 5) is 13.3. The van der Waals surface area contributed by atoms with Crippen LogP contribution >= 0.6 is 0 Å². The SMILES string of the molecule is O=C1CCN(c2ccc3c(c2)CCO3)C1. The summed E-state index contributed by atoms with van der Waals surface area (Å²) in [7, 11) is 0. The number of hydrogen-bond donors (Lipinski definition) is 0. The Morgan fingerprint density at radius 1 is 1.27 bits per heavy atom. The van der Waals surface area contributed by atoms with E-state index in [1.54, 1.807) is 0 Å². The quantitative estimate of drug-likeness (QED) is 0.691. The van der Waals surface area contributed by atoms with E-state index in [0.29, 0.717) is 18.7 Å². The molecule has 0 atom stereocenters. The fourth-order valence-corrected chi connectivity index (χ4v) is 2.22. The molecular weight excluding hydrogens is 190 g/mol. The molecule has 0 bridgehead atoms. The zero-order chi connectivity index (χ0) is 10.3. The predicted octanol–water partition coefficient (Wildman–Crippen LogP) is 1.40. The number of carbonyl (C=O) groups is 1. The molecule has 1 aromatic rings. The lowest BCUT2D eigenvalue weighted by Gasteiger charge is -2.17. The molecule has 0 saturated carbocycles. The minimum absolute atomic E-state index is 0.340. The van der Waals surface area contributed by atoms with Crippen LogP contribution in [0.1, 0.15) is 12.0 Å². The topological polar surface area (TPSA) is 29.5 Å². The van der Waals surface area contributed by atoms with Crippen molar-refractivity contribution in [1.82, 2.24) is 0 Å². The third-order valence-electron chi connectivity index (χ3n) is 3.07. The Kier molecular flexibility index (Phi) is 1.91. The van der Waals surface area contributed by atoms with Crippen LogP contribution in [0, 0.1) is 0 Å². The monoisotopic (exact) mass is 203 g/mol. The van der Waals surface area contributed by atoms with Gasteiger partial charge in [-0.15, -0.1) is 0 Å². The van der Waals surface area contributed by atoms with Gasteiger partial charge in [0.25, 0.3) is 0 Å². The maximum atomic E-state index is 11.2. The van der Waals surface area contributed by atoms with Crippen LogP contribution in [0.15, 0.2) is 18.2 Å². The molecule has 0 amide bonds. The fraction of sp³-hybridized carbons (Fsp3) is 0.417. The molecule has 0 aliphatic carbocycles. The number of anilines is 1. The first-order chi connectivity index (χ1) is 7.33. The van der Waals surface area contributed by atoms with Crippen LogP contribution in [0.5, 0.6) is 5.75 Å². The van der Waals surface area contributed by atoms with E-state index < -0.39 is 0 Å². The molecule has 2 heterocycles. The Balaban J connectivity index is 1.89. The molecule has 2 aliphatic rings. The smallest absolute Gasteiger partial charge is 0.153 e. The van der Waals surface area contributed by atoms with Gasteiger partial charge in [-0.3, -0.25) is 4.79 Å². The average Bonchev–Trinajstić information content (AvgIpc) is 2.84. The number of fused-ring (bicyclic) bond motifs is 1. The lowest BCUT2D eigenvalue weighted by atomic mass is 10.1. The first-order valence-corrected chi connectivity index (χ1v) is 5.35. The number of ketones is 1. The molecule has 0 spiro atoms. The van der Waals surface area contributed by atoms with Gasteiger partial charge in [-0.05, 0) is 23.8 Å². The largest absolute Gasteiger partial charge is 0.493 e. The van der Waals surface area contributed by atoms with E-state index in [1.807, 2.05) is 12.1 Å². The molecule has 0 radical (unpaired) electrons. The van der Waals surface area contributed by atoms with Crippen LogP contribution < -0.4 is 9.64 Å². The van der Waals surface area contributed by atoms with Crippen molar-refractivity contribution in [3.8, 4) is 5.75 Å². The highest BCUT2D eigenvalue weighted by molar-refractivity contribution is 5.87. The molecule has 3 nitrogen and oxygen atoms in total. The van der Waals surface area contributed by atoms with Gasteiger partial charge >= 0.3 is 0 Å². The summed E-state index contributed by atoms with van der Waals surface area (Å²) in [6.45, 7) is 2.22. The zero-order valence-electron chi connectivity index (χ0n) is 8.53. The molecule has 3 rings (SSSR count). The van der Waals surface area contributed by atoms with Gasteiger partial charge in [0.15, 0.2) is 5.78 Å². The third-order valence-corrected chi connectivity index (χ3v) is 3.07. The van der Waals surface area contributed by atoms with Gasteiger partial charge in [0.05, 0.1) is 13.2 Å². The van der Waals surface area contributed by atoms with Crippen molar-refractivity contribution in [2.75, 3.05) is 24.6 Å². The van der Waals surface area contributed by atoms with Gasteiger partial charge in [0.2, 0.25) is 0 Å². The Bertz CT molecular complexity index is 414.